The van der Waals surface area contributed by atoms with Crippen LogP contribution in [0.3, 0.4) is 0 Å². The topological polar surface area (TPSA) is 32.3 Å². The lowest BCUT2D eigenvalue weighted by atomic mass is 9.91. The van der Waals surface area contributed by atoms with Gasteiger partial charge < -0.3 is 10.4 Å². The molecule has 3 heteroatoms. The molecule has 1 aliphatic heterocycles. The second kappa shape index (κ2) is 3.17. The Kier molecular flexibility index (Phi) is 2.17. The Bertz CT molecular complexity index is 241. The monoisotopic (exact) mass is 183 g/mol. The van der Waals surface area contributed by atoms with E-state index in [4.69, 9.17) is 0 Å². The summed E-state index contributed by atoms with van der Waals surface area (Å²) >= 11 is 1.77. The summed E-state index contributed by atoms with van der Waals surface area (Å²) in [6, 6.07) is 4.18. The van der Waals surface area contributed by atoms with E-state index in [0.717, 1.165) is 25.9 Å². The van der Waals surface area contributed by atoms with Crippen LogP contribution in [-0.4, -0.2) is 23.8 Å². The minimum Gasteiger partial charge on any atom is -0.387 e. The van der Waals surface area contributed by atoms with Crippen LogP contribution in [0.2, 0.25) is 0 Å². The van der Waals surface area contributed by atoms with Crippen molar-refractivity contribution < 1.29 is 5.11 Å². The predicted octanol–water partition coefficient (Wildman–Crippen LogP) is 1.01. The average Bonchev–Trinajstić information content (AvgIpc) is 2.49. The molecule has 0 unspecified atom stereocenters. The number of rotatable bonds is 3. The SMILES string of the molecule is OC1(CCc2cccs2)CNC1. The van der Waals surface area contributed by atoms with E-state index in [1.54, 1.807) is 11.3 Å². The van der Waals surface area contributed by atoms with Gasteiger partial charge in [-0.2, -0.15) is 0 Å². The van der Waals surface area contributed by atoms with Gasteiger partial charge in [-0.15, -0.1) is 11.3 Å². The van der Waals surface area contributed by atoms with Crippen molar-refractivity contribution >= 4 is 11.3 Å². The summed E-state index contributed by atoms with van der Waals surface area (Å²) in [5.41, 5.74) is -0.413. The third-order valence-corrected chi connectivity index (χ3v) is 3.26. The molecule has 0 aromatic carbocycles. The lowest BCUT2D eigenvalue weighted by Gasteiger charge is -2.37. The fraction of sp³-hybridized carbons (Fsp3) is 0.556. The number of hydrogen-bond donors (Lipinski definition) is 2. The van der Waals surface area contributed by atoms with Gasteiger partial charge in [0, 0.05) is 18.0 Å². The van der Waals surface area contributed by atoms with Crippen molar-refractivity contribution in [3.8, 4) is 0 Å². The first-order chi connectivity index (χ1) is 5.79. The number of thiophene rings is 1. The van der Waals surface area contributed by atoms with Crippen molar-refractivity contribution in [2.75, 3.05) is 13.1 Å². The molecular formula is C9H13NOS. The highest BCUT2D eigenvalue weighted by molar-refractivity contribution is 7.09. The third kappa shape index (κ3) is 1.68. The lowest BCUT2D eigenvalue weighted by Crippen LogP contribution is -2.59. The van der Waals surface area contributed by atoms with Crippen molar-refractivity contribution in [1.29, 1.82) is 0 Å². The van der Waals surface area contributed by atoms with E-state index in [1.165, 1.54) is 4.88 Å². The van der Waals surface area contributed by atoms with Gasteiger partial charge in [0.05, 0.1) is 5.60 Å². The quantitative estimate of drug-likeness (QED) is 0.733. The van der Waals surface area contributed by atoms with Crippen molar-refractivity contribution in [3.05, 3.63) is 22.4 Å². The summed E-state index contributed by atoms with van der Waals surface area (Å²) in [5.74, 6) is 0. The molecule has 2 nitrogen and oxygen atoms in total. The smallest absolute Gasteiger partial charge is 0.0898 e. The largest absolute Gasteiger partial charge is 0.387 e. The van der Waals surface area contributed by atoms with E-state index < -0.39 is 5.60 Å². The number of hydrogen-bond acceptors (Lipinski definition) is 3. The summed E-state index contributed by atoms with van der Waals surface area (Å²) in [6.45, 7) is 1.52. The summed E-state index contributed by atoms with van der Waals surface area (Å²) in [5, 5.41) is 14.9. The van der Waals surface area contributed by atoms with Crippen LogP contribution in [0.4, 0.5) is 0 Å². The molecule has 12 heavy (non-hydrogen) atoms. The highest BCUT2D eigenvalue weighted by atomic mass is 32.1. The molecule has 0 aliphatic carbocycles. The highest BCUT2D eigenvalue weighted by Crippen LogP contribution is 2.20. The first-order valence-corrected chi connectivity index (χ1v) is 5.12. The van der Waals surface area contributed by atoms with Gasteiger partial charge in [-0.3, -0.25) is 0 Å². The molecule has 2 rings (SSSR count). The molecule has 0 atom stereocenters. The Morgan fingerprint density at radius 1 is 1.58 bits per heavy atom. The van der Waals surface area contributed by atoms with Gasteiger partial charge in [-0.1, -0.05) is 6.07 Å². The van der Waals surface area contributed by atoms with Crippen LogP contribution in [0.25, 0.3) is 0 Å². The molecule has 0 spiro atoms. The Morgan fingerprint density at radius 2 is 2.42 bits per heavy atom. The van der Waals surface area contributed by atoms with Gasteiger partial charge in [0.15, 0.2) is 0 Å². The Morgan fingerprint density at radius 3 is 2.92 bits per heavy atom. The molecule has 2 heterocycles. The maximum Gasteiger partial charge on any atom is 0.0898 e. The number of aliphatic hydroxyl groups is 1. The van der Waals surface area contributed by atoms with Crippen molar-refractivity contribution in [3.63, 3.8) is 0 Å². The van der Waals surface area contributed by atoms with Crippen LogP contribution in [0, 0.1) is 0 Å². The van der Waals surface area contributed by atoms with E-state index in [1.807, 2.05) is 0 Å². The van der Waals surface area contributed by atoms with Gasteiger partial charge in [-0.25, -0.2) is 0 Å². The normalized spacial score (nSPS) is 20.4. The Balaban J connectivity index is 1.82. The maximum absolute atomic E-state index is 9.75. The molecular weight excluding hydrogens is 170 g/mol. The molecule has 66 valence electrons. The Hall–Kier alpha value is -0.380. The third-order valence-electron chi connectivity index (χ3n) is 2.32. The molecule has 1 saturated heterocycles. The zero-order chi connectivity index (χ0) is 8.44. The molecule has 0 saturated carbocycles. The van der Waals surface area contributed by atoms with Crippen LogP contribution in [0.1, 0.15) is 11.3 Å². The summed E-state index contributed by atoms with van der Waals surface area (Å²) in [6.07, 6.45) is 1.90. The molecule has 1 aliphatic rings. The minimum absolute atomic E-state index is 0.413. The van der Waals surface area contributed by atoms with Gasteiger partial charge in [-0.05, 0) is 24.3 Å². The van der Waals surface area contributed by atoms with Crippen LogP contribution in [0.15, 0.2) is 17.5 Å². The van der Waals surface area contributed by atoms with Crippen LogP contribution < -0.4 is 5.32 Å². The molecule has 1 aromatic heterocycles. The second-order valence-electron chi connectivity index (χ2n) is 3.41. The van der Waals surface area contributed by atoms with Gasteiger partial charge in [0.25, 0.3) is 0 Å². The molecule has 0 amide bonds. The standard InChI is InChI=1S/C9H13NOS/c11-9(6-10-7-9)4-3-8-2-1-5-12-8/h1-2,5,10-11H,3-4,6-7H2. The van der Waals surface area contributed by atoms with Gasteiger partial charge in [0.1, 0.15) is 0 Å². The average molecular weight is 183 g/mol. The zero-order valence-electron chi connectivity index (χ0n) is 6.92. The van der Waals surface area contributed by atoms with E-state index in [2.05, 4.69) is 22.8 Å². The highest BCUT2D eigenvalue weighted by Gasteiger charge is 2.33. The summed E-state index contributed by atoms with van der Waals surface area (Å²) < 4.78 is 0. The van der Waals surface area contributed by atoms with Crippen molar-refractivity contribution in [2.45, 2.75) is 18.4 Å². The maximum atomic E-state index is 9.75. The minimum atomic E-state index is -0.413. The van der Waals surface area contributed by atoms with Crippen LogP contribution in [0.5, 0.6) is 0 Å². The fourth-order valence-electron chi connectivity index (χ4n) is 1.40. The lowest BCUT2D eigenvalue weighted by molar-refractivity contribution is -0.0166. The Labute approximate surface area is 76.2 Å². The molecule has 1 aromatic rings. The van der Waals surface area contributed by atoms with E-state index in [9.17, 15) is 5.11 Å². The van der Waals surface area contributed by atoms with Gasteiger partial charge >= 0.3 is 0 Å². The second-order valence-corrected chi connectivity index (χ2v) is 4.44. The van der Waals surface area contributed by atoms with E-state index in [0.29, 0.717) is 0 Å². The van der Waals surface area contributed by atoms with Gasteiger partial charge in [0.2, 0.25) is 0 Å². The summed E-state index contributed by atoms with van der Waals surface area (Å²) in [7, 11) is 0. The zero-order valence-corrected chi connectivity index (χ0v) is 7.73. The van der Waals surface area contributed by atoms with Crippen molar-refractivity contribution in [2.24, 2.45) is 0 Å². The van der Waals surface area contributed by atoms with E-state index in [-0.39, 0.29) is 0 Å². The van der Waals surface area contributed by atoms with Crippen LogP contribution >= 0.6 is 11.3 Å². The molecule has 0 bridgehead atoms. The van der Waals surface area contributed by atoms with Crippen LogP contribution in [-0.2, 0) is 6.42 Å². The number of nitrogens with one attached hydrogen (secondary N) is 1. The molecule has 0 radical (unpaired) electrons. The van der Waals surface area contributed by atoms with E-state index >= 15 is 0 Å². The molecule has 1 fully saturated rings. The van der Waals surface area contributed by atoms with Crippen molar-refractivity contribution in [1.82, 2.24) is 5.32 Å². The first-order valence-electron chi connectivity index (χ1n) is 4.24. The summed E-state index contributed by atoms with van der Waals surface area (Å²) in [4.78, 5) is 1.37. The predicted molar refractivity (Wildman–Crippen MR) is 50.5 cm³/mol. The first kappa shape index (κ1) is 8.23. The number of aryl methyl sites for hydroxylation is 1. The fourth-order valence-corrected chi connectivity index (χ4v) is 2.11. The molecule has 2 N–H and O–H groups in total. The number of β-amino-alcohol motifs (C(OH)–C–C–N with tert-alkyl or cyclic N) is 1.